The molecular weight excluding hydrogens is 382 g/mol. The molecule has 0 aromatic heterocycles. The van der Waals surface area contributed by atoms with Crippen molar-refractivity contribution in [3.05, 3.63) is 70.7 Å². The zero-order valence-corrected chi connectivity index (χ0v) is 14.8. The van der Waals surface area contributed by atoms with Gasteiger partial charge < -0.3 is 10.4 Å². The molecule has 25 heavy (non-hydrogen) atoms. The summed E-state index contributed by atoms with van der Waals surface area (Å²) in [5, 5.41) is 18.7. The monoisotopic (exact) mass is 397 g/mol. The van der Waals surface area contributed by atoms with Gasteiger partial charge in [0.2, 0.25) is 0 Å². The van der Waals surface area contributed by atoms with Gasteiger partial charge in [0, 0.05) is 11.1 Å². The molecule has 1 amide bonds. The topological polar surface area (TPSA) is 73.7 Å². The number of carbonyl (C=O) groups is 1. The summed E-state index contributed by atoms with van der Waals surface area (Å²) in [7, 11) is 0. The van der Waals surface area contributed by atoms with E-state index in [4.69, 9.17) is 0 Å². The molecule has 5 nitrogen and oxygen atoms in total. The van der Waals surface area contributed by atoms with E-state index >= 15 is 0 Å². The summed E-state index contributed by atoms with van der Waals surface area (Å²) in [6, 6.07) is 18.9. The molecule has 0 spiro atoms. The van der Waals surface area contributed by atoms with Crippen molar-refractivity contribution in [3.63, 3.8) is 0 Å². The molecule has 0 aliphatic rings. The molecule has 0 fully saturated rings. The molecule has 0 aliphatic carbocycles. The van der Waals surface area contributed by atoms with Crippen molar-refractivity contribution in [2.24, 2.45) is 5.10 Å². The number of nitrogens with one attached hydrogen (secondary N) is 2. The first-order chi connectivity index (χ1) is 12.1. The summed E-state index contributed by atoms with van der Waals surface area (Å²) >= 11 is 3.23. The molecule has 0 radical (unpaired) electrons. The predicted octanol–water partition coefficient (Wildman–Crippen LogP) is 3.87. The van der Waals surface area contributed by atoms with Gasteiger partial charge in [0.1, 0.15) is 5.75 Å². The Labute approximate surface area is 153 Å². The van der Waals surface area contributed by atoms with Crippen molar-refractivity contribution in [1.82, 2.24) is 5.43 Å². The van der Waals surface area contributed by atoms with Gasteiger partial charge in [-0.25, -0.2) is 5.43 Å². The zero-order valence-electron chi connectivity index (χ0n) is 13.2. The number of hydrazone groups is 1. The summed E-state index contributed by atoms with van der Waals surface area (Å²) in [5.41, 5.74) is 4.13. The van der Waals surface area contributed by atoms with Crippen LogP contribution in [0.15, 0.2) is 70.2 Å². The molecule has 0 heterocycles. The molecular formula is C19H16BrN3O2. The largest absolute Gasteiger partial charge is 0.507 e. The second-order valence-electron chi connectivity index (χ2n) is 5.38. The number of hydrogen-bond acceptors (Lipinski definition) is 4. The molecule has 3 N–H and O–H groups in total. The summed E-state index contributed by atoms with van der Waals surface area (Å²) in [6.07, 6.45) is 1.51. The van der Waals surface area contributed by atoms with Crippen molar-refractivity contribution in [2.75, 3.05) is 11.9 Å². The third-order valence-electron chi connectivity index (χ3n) is 3.60. The van der Waals surface area contributed by atoms with E-state index in [1.165, 1.54) is 6.21 Å². The lowest BCUT2D eigenvalue weighted by Gasteiger charge is -2.08. The number of nitrogens with zero attached hydrogens (tertiary/aromatic N) is 1. The standard InChI is InChI=1S/C19H16BrN3O2/c20-16-10-13(8-9-18(16)24)11-22-23-19(25)12-21-17-7-3-5-14-4-1-2-6-15(14)17/h1-11,21,24H,12H2,(H,23,25)/b22-11+. The van der Waals surface area contributed by atoms with Crippen molar-refractivity contribution < 1.29 is 9.90 Å². The van der Waals surface area contributed by atoms with E-state index in [1.54, 1.807) is 18.2 Å². The number of rotatable bonds is 5. The SMILES string of the molecule is O=C(CNc1cccc2ccccc12)N/N=C/c1ccc(O)c(Br)c1. The number of anilines is 1. The Morgan fingerprint density at radius 2 is 1.92 bits per heavy atom. The number of phenolic OH excluding ortho intramolecular Hbond substituents is 1. The van der Waals surface area contributed by atoms with Gasteiger partial charge in [-0.2, -0.15) is 5.10 Å². The fourth-order valence-electron chi connectivity index (χ4n) is 2.38. The van der Waals surface area contributed by atoms with E-state index in [1.807, 2.05) is 42.5 Å². The Morgan fingerprint density at radius 1 is 1.12 bits per heavy atom. The second kappa shape index (κ2) is 7.81. The number of halogens is 1. The lowest BCUT2D eigenvalue weighted by atomic mass is 10.1. The van der Waals surface area contributed by atoms with Gasteiger partial charge in [-0.1, -0.05) is 36.4 Å². The number of hydrogen-bond donors (Lipinski definition) is 3. The van der Waals surface area contributed by atoms with E-state index < -0.39 is 0 Å². The summed E-state index contributed by atoms with van der Waals surface area (Å²) in [5.74, 6) is -0.0949. The van der Waals surface area contributed by atoms with Crippen LogP contribution in [0.25, 0.3) is 10.8 Å². The minimum atomic E-state index is -0.248. The first-order valence-electron chi connectivity index (χ1n) is 7.65. The Bertz CT molecular complexity index is 936. The molecule has 0 saturated carbocycles. The molecule has 0 saturated heterocycles. The lowest BCUT2D eigenvalue weighted by molar-refractivity contribution is -0.119. The van der Waals surface area contributed by atoms with Gasteiger partial charge >= 0.3 is 0 Å². The van der Waals surface area contributed by atoms with Gasteiger partial charge in [0.15, 0.2) is 0 Å². The van der Waals surface area contributed by atoms with E-state index in [0.29, 0.717) is 4.47 Å². The van der Waals surface area contributed by atoms with Crippen LogP contribution in [0, 0.1) is 0 Å². The van der Waals surface area contributed by atoms with Crippen molar-refractivity contribution in [3.8, 4) is 5.75 Å². The summed E-state index contributed by atoms with van der Waals surface area (Å²) in [6.45, 7) is 0.116. The number of aromatic hydroxyl groups is 1. The molecule has 6 heteroatoms. The van der Waals surface area contributed by atoms with Gasteiger partial charge in [-0.15, -0.1) is 0 Å². The molecule has 3 aromatic rings. The van der Waals surface area contributed by atoms with Crippen LogP contribution < -0.4 is 10.7 Å². The fourth-order valence-corrected chi connectivity index (χ4v) is 2.77. The Morgan fingerprint density at radius 3 is 2.76 bits per heavy atom. The Balaban J connectivity index is 1.57. The highest BCUT2D eigenvalue weighted by atomic mass is 79.9. The van der Waals surface area contributed by atoms with Gasteiger partial charge in [0.25, 0.3) is 5.91 Å². The van der Waals surface area contributed by atoms with Gasteiger partial charge in [0.05, 0.1) is 17.2 Å². The molecule has 3 aromatic carbocycles. The number of carbonyl (C=O) groups excluding carboxylic acids is 1. The molecule has 0 atom stereocenters. The third-order valence-corrected chi connectivity index (χ3v) is 4.24. The van der Waals surface area contributed by atoms with E-state index in [0.717, 1.165) is 22.0 Å². The predicted molar refractivity (Wildman–Crippen MR) is 104 cm³/mol. The maximum Gasteiger partial charge on any atom is 0.259 e. The quantitative estimate of drug-likeness (QED) is 0.451. The molecule has 0 aliphatic heterocycles. The highest BCUT2D eigenvalue weighted by Crippen LogP contribution is 2.24. The minimum Gasteiger partial charge on any atom is -0.507 e. The highest BCUT2D eigenvalue weighted by Gasteiger charge is 2.03. The molecule has 3 rings (SSSR count). The van der Waals surface area contributed by atoms with Crippen LogP contribution in [-0.2, 0) is 4.79 Å². The molecule has 0 unspecified atom stereocenters. The van der Waals surface area contributed by atoms with Crippen molar-refractivity contribution in [1.29, 1.82) is 0 Å². The second-order valence-corrected chi connectivity index (χ2v) is 6.24. The Hall–Kier alpha value is -2.86. The third kappa shape index (κ3) is 4.36. The van der Waals surface area contributed by atoms with Gasteiger partial charge in [-0.3, -0.25) is 4.79 Å². The van der Waals surface area contributed by atoms with Crippen LogP contribution in [0.5, 0.6) is 5.75 Å². The summed E-state index contributed by atoms with van der Waals surface area (Å²) in [4.78, 5) is 11.9. The first-order valence-corrected chi connectivity index (χ1v) is 8.45. The minimum absolute atomic E-state index is 0.116. The Kier molecular flexibility index (Phi) is 5.30. The summed E-state index contributed by atoms with van der Waals surface area (Å²) < 4.78 is 0.570. The van der Waals surface area contributed by atoms with E-state index in [-0.39, 0.29) is 18.2 Å². The van der Waals surface area contributed by atoms with Crippen LogP contribution in [0.4, 0.5) is 5.69 Å². The maximum atomic E-state index is 11.9. The van der Waals surface area contributed by atoms with E-state index in [9.17, 15) is 9.90 Å². The van der Waals surface area contributed by atoms with Crippen LogP contribution in [0.2, 0.25) is 0 Å². The number of fused-ring (bicyclic) bond motifs is 1. The van der Waals surface area contributed by atoms with Crippen LogP contribution in [-0.4, -0.2) is 23.8 Å². The highest BCUT2D eigenvalue weighted by molar-refractivity contribution is 9.10. The molecule has 126 valence electrons. The average Bonchev–Trinajstić information content (AvgIpc) is 2.63. The lowest BCUT2D eigenvalue weighted by Crippen LogP contribution is -2.25. The van der Waals surface area contributed by atoms with Crippen molar-refractivity contribution >= 4 is 44.5 Å². The van der Waals surface area contributed by atoms with Crippen LogP contribution in [0.3, 0.4) is 0 Å². The van der Waals surface area contributed by atoms with Crippen LogP contribution in [0.1, 0.15) is 5.56 Å². The van der Waals surface area contributed by atoms with Gasteiger partial charge in [-0.05, 0) is 51.1 Å². The number of amides is 1. The average molecular weight is 398 g/mol. The normalized spacial score (nSPS) is 10.9. The number of phenols is 1. The smallest absolute Gasteiger partial charge is 0.259 e. The van der Waals surface area contributed by atoms with E-state index in [2.05, 4.69) is 31.8 Å². The fraction of sp³-hybridized carbons (Fsp3) is 0.0526. The number of benzene rings is 3. The zero-order chi connectivity index (χ0) is 17.6. The van der Waals surface area contributed by atoms with Crippen LogP contribution >= 0.6 is 15.9 Å². The molecule has 0 bridgehead atoms. The first kappa shape index (κ1) is 17.0. The van der Waals surface area contributed by atoms with Crippen molar-refractivity contribution in [2.45, 2.75) is 0 Å². The maximum absolute atomic E-state index is 11.9.